The number of para-hydroxylation sites is 4. The maximum atomic E-state index is 13.5. The Hall–Kier alpha value is -16.3. The predicted octanol–water partition coefficient (Wildman–Crippen LogP) is 12.1. The lowest BCUT2D eigenvalue weighted by molar-refractivity contribution is -0.124. The number of aryl methyl sites for hydroxylation is 9. The number of fused-ring (bicyclic) bond motifs is 8. The topological polar surface area (TPSA) is 430 Å². The lowest BCUT2D eigenvalue weighted by Crippen LogP contribution is -2.31. The molecule has 0 bridgehead atoms. The van der Waals surface area contributed by atoms with Crippen molar-refractivity contribution in [3.05, 3.63) is 305 Å². The van der Waals surface area contributed by atoms with E-state index in [1.165, 1.54) is 0 Å². The zero-order chi connectivity index (χ0) is 95.5. The number of amides is 8. The summed E-state index contributed by atoms with van der Waals surface area (Å²) in [7, 11) is 1.75. The van der Waals surface area contributed by atoms with Crippen LogP contribution in [0, 0.1) is 0 Å². The van der Waals surface area contributed by atoms with Crippen LogP contribution >= 0.6 is 34.5 Å². The third kappa shape index (κ3) is 16.9. The molecule has 138 heavy (non-hydrogen) atoms. The number of nitrogens with two attached hydrogens (primary N) is 1. The largest absolute Gasteiger partial charge is 0.396 e. The molecule has 0 aliphatic carbocycles. The lowest BCUT2D eigenvalue weighted by atomic mass is 9.97. The molecule has 16 heterocycles. The summed E-state index contributed by atoms with van der Waals surface area (Å²) in [4.78, 5) is 113. The molecule has 35 nitrogen and oxygen atoms in total. The molecule has 8 amide bonds. The number of benzene rings is 7. The second-order valence-electron chi connectivity index (χ2n) is 33.1. The van der Waals surface area contributed by atoms with Crippen LogP contribution in [0.4, 0.5) is 0 Å². The summed E-state index contributed by atoms with van der Waals surface area (Å²) < 4.78 is 44.6. The van der Waals surface area contributed by atoms with E-state index < -0.39 is 57.5 Å². The van der Waals surface area contributed by atoms with E-state index in [2.05, 4.69) is 73.4 Å². The zero-order valence-corrected chi connectivity index (χ0v) is 77.0. The number of carbonyl (C=O) groups excluding carboxylic acids is 8. The number of nitrogens with one attached hydrogen (secondary N) is 5. The first-order valence-electron chi connectivity index (χ1n) is 43.9. The third-order valence-electron chi connectivity index (χ3n) is 24.4. The standard InChI is InChI=1S/C30H24N6O4S2.C26H21ClN6O2.C25H20ClN7O2.C18H17N5O3/c31-42(39,40)32-14-7-15-36-23-12-5-2-10-20(23)28(34-36)27-26(29(37)33-30(27)38)21-16-35(22-11-4-1-8-18(21)22)24-17-41-25-13-6-3-9-19(24)25;1-31-14-19(18-13-16(27)7-8-20(18)31)22-23(26(35)29-25(22)34)24-17-5-2-3-6-21(17)33(30-24)11-4-10-32-12-9-28-15-32;1-31-14-18(17-13-15(26)7-8-19(17)31)21-22(25(35)28-24(21)34)23-16-5-2-3-6-20(16)33(29-23)11-4-10-32-12-9-27-30-32;1-22-8-5-13(21-22)15-14(17(25)20-18(15)26)12-10-23(7-3-9-24)16-11(12)4-2-6-19-16/h1-6,8-13,16-17,32H,7,14-15H2,(H2,31,39,40)(H,33,37,38);2-3,5-9,12-15H,4,10-11H2,1H3,(H,29,34,35);2-3,5-9,12-14H,4,10-11H2,1H3,(H,28,34,35);2,4-6,8,10,24H,3,7,9H2,1H3,(H,20,25,26). The van der Waals surface area contributed by atoms with Gasteiger partial charge in [-0.05, 0) is 111 Å². The van der Waals surface area contributed by atoms with Gasteiger partial charge in [-0.15, -0.1) is 16.4 Å². The number of carbonyl (C=O) groups is 8. The van der Waals surface area contributed by atoms with E-state index in [1.807, 2.05) is 225 Å². The highest BCUT2D eigenvalue weighted by atomic mass is 35.5. The Kier molecular flexibility index (Phi) is 24.1. The van der Waals surface area contributed by atoms with Gasteiger partial charge >= 0.3 is 0 Å². The van der Waals surface area contributed by atoms with Gasteiger partial charge in [-0.2, -0.15) is 28.8 Å². The molecular formula is C99H82Cl2N24O11S2. The fourth-order valence-corrected chi connectivity index (χ4v) is 20.1. The molecule has 39 heteroatoms. The van der Waals surface area contributed by atoms with Gasteiger partial charge in [-0.1, -0.05) is 119 Å². The van der Waals surface area contributed by atoms with Gasteiger partial charge in [-0.25, -0.2) is 19.8 Å². The average molecular weight is 1920 g/mol. The maximum absolute atomic E-state index is 13.5. The molecule has 23 rings (SSSR count). The van der Waals surface area contributed by atoms with Crippen LogP contribution < -0.4 is 31.1 Å². The van der Waals surface area contributed by atoms with E-state index in [1.54, 1.807) is 81.7 Å². The first-order chi connectivity index (χ1) is 66.9. The van der Waals surface area contributed by atoms with Crippen LogP contribution in [0.5, 0.6) is 0 Å². The van der Waals surface area contributed by atoms with Gasteiger partial charge < -0.3 is 27.9 Å². The Bertz CT molecular complexity index is 8270. The highest BCUT2D eigenvalue weighted by Crippen LogP contribution is 2.45. The van der Waals surface area contributed by atoms with E-state index in [4.69, 9.17) is 48.7 Å². The van der Waals surface area contributed by atoms with Gasteiger partial charge in [0.2, 0.25) is 0 Å². The van der Waals surface area contributed by atoms with Crippen molar-refractivity contribution in [2.45, 2.75) is 65.0 Å². The lowest BCUT2D eigenvalue weighted by Gasteiger charge is -2.04. The molecule has 7 aromatic carbocycles. The van der Waals surface area contributed by atoms with Gasteiger partial charge in [0.05, 0.1) is 90.6 Å². The Morgan fingerprint density at radius 1 is 0.428 bits per heavy atom. The SMILES string of the molecule is Cn1cc(C2=C(c3nn(CCCn4ccnc4)c4ccccc34)C(=O)NC2=O)c2cc(Cl)ccc21.Cn1cc(C2=C(c3nn(CCCn4ccnn4)c4ccccc34)C(=O)NC2=O)c2cc(Cl)ccc21.Cn1ccc(C2=C(c3cn(CCCO)c4ncccc34)C(=O)NC2=O)n1.NS(=O)(=O)NCCCn1nc(C2=C(c3cn(-c4csc5ccccc45)c4ccccc34)C(=O)NC2=O)c2ccccc21. The van der Waals surface area contributed by atoms with Crippen molar-refractivity contribution in [1.82, 2.24) is 113 Å². The minimum absolute atomic E-state index is 0.0582. The maximum Gasteiger partial charge on any atom is 0.274 e. The third-order valence-corrected chi connectivity index (χ3v) is 26.4. The molecule has 8 N–H and O–H groups in total. The normalized spacial score (nSPS) is 14.1. The summed E-state index contributed by atoms with van der Waals surface area (Å²) in [5, 5.41) is 60.4. The number of thiophene rings is 1. The van der Waals surface area contributed by atoms with Crippen LogP contribution in [-0.4, -0.2) is 161 Å². The number of rotatable bonds is 25. The fourth-order valence-electron chi connectivity index (χ4n) is 18.4. The molecule has 12 aromatic heterocycles. The van der Waals surface area contributed by atoms with Crippen molar-refractivity contribution >= 4 is 223 Å². The molecule has 4 aliphatic heterocycles. The minimum atomic E-state index is -3.80. The summed E-state index contributed by atoms with van der Waals surface area (Å²) in [5.74, 6) is -3.67. The summed E-state index contributed by atoms with van der Waals surface area (Å²) in [6.07, 6.45) is 22.4. The second-order valence-corrected chi connectivity index (χ2v) is 36.3. The number of aliphatic hydroxyl groups excluding tert-OH is 1. The summed E-state index contributed by atoms with van der Waals surface area (Å²) in [6, 6.07) is 55.3. The van der Waals surface area contributed by atoms with Gasteiger partial charge in [0, 0.05) is 226 Å². The minimum Gasteiger partial charge on any atom is -0.396 e. The van der Waals surface area contributed by atoms with Crippen LogP contribution in [0.1, 0.15) is 70.7 Å². The van der Waals surface area contributed by atoms with E-state index >= 15 is 0 Å². The van der Waals surface area contributed by atoms with Crippen molar-refractivity contribution in [3.8, 4) is 5.69 Å². The quantitative estimate of drug-likeness (QED) is 0.0206. The van der Waals surface area contributed by atoms with E-state index in [0.717, 1.165) is 101 Å². The van der Waals surface area contributed by atoms with Crippen LogP contribution in [0.25, 0.3) is 137 Å². The molecule has 690 valence electrons. The molecule has 0 unspecified atom stereocenters. The van der Waals surface area contributed by atoms with Crippen LogP contribution in [0.15, 0.2) is 250 Å². The molecule has 0 radical (unpaired) electrons. The Morgan fingerprint density at radius 3 is 1.41 bits per heavy atom. The van der Waals surface area contributed by atoms with Crippen LogP contribution in [0.3, 0.4) is 0 Å². The van der Waals surface area contributed by atoms with Gasteiger partial charge in [-0.3, -0.25) is 83.0 Å². The second kappa shape index (κ2) is 37.2. The summed E-state index contributed by atoms with van der Waals surface area (Å²) >= 11 is 14.2. The van der Waals surface area contributed by atoms with Crippen LogP contribution in [0.2, 0.25) is 10.0 Å². The number of hydrogen-bond acceptors (Lipinski definition) is 20. The predicted molar refractivity (Wildman–Crippen MR) is 525 cm³/mol. The van der Waals surface area contributed by atoms with E-state index in [-0.39, 0.29) is 41.0 Å². The first kappa shape index (κ1) is 89.6. The summed E-state index contributed by atoms with van der Waals surface area (Å²) in [5.41, 5.74) is 13.6. The van der Waals surface area contributed by atoms with Gasteiger partial charge in [0.15, 0.2) is 0 Å². The number of nitrogens with zero attached hydrogens (tertiary/aromatic N) is 18. The van der Waals surface area contributed by atoms with Crippen molar-refractivity contribution in [3.63, 3.8) is 0 Å². The van der Waals surface area contributed by atoms with Gasteiger partial charge in [0.25, 0.3) is 57.5 Å². The molecule has 0 saturated carbocycles. The highest BCUT2D eigenvalue weighted by molar-refractivity contribution is 7.87. The number of pyridine rings is 1. The van der Waals surface area contributed by atoms with Crippen molar-refractivity contribution in [2.24, 2.45) is 26.3 Å². The van der Waals surface area contributed by atoms with Crippen molar-refractivity contribution in [1.29, 1.82) is 0 Å². The monoisotopic (exact) mass is 1920 g/mol. The van der Waals surface area contributed by atoms with E-state index in [9.17, 15) is 46.8 Å². The first-order valence-corrected chi connectivity index (χ1v) is 47.1. The molecule has 19 aromatic rings. The smallest absolute Gasteiger partial charge is 0.274 e. The molecule has 0 spiro atoms. The Morgan fingerprint density at radius 2 is 0.899 bits per heavy atom. The molecule has 0 atom stereocenters. The number of imide groups is 4. The molecular weight excluding hydrogens is 1840 g/mol. The highest BCUT2D eigenvalue weighted by Gasteiger charge is 2.41. The molecule has 0 saturated heterocycles. The Balaban J connectivity index is 0.000000115. The summed E-state index contributed by atoms with van der Waals surface area (Å²) in [6.45, 7) is 3.87. The van der Waals surface area contributed by atoms with Gasteiger partial charge in [0.1, 0.15) is 22.7 Å². The fraction of sp³-hybridized carbons (Fsp3) is 0.152. The van der Waals surface area contributed by atoms with Crippen molar-refractivity contribution in [2.75, 3.05) is 13.2 Å². The number of aliphatic hydroxyl groups is 1. The number of halogens is 2. The Labute approximate surface area is 797 Å². The zero-order valence-electron chi connectivity index (χ0n) is 73.9. The van der Waals surface area contributed by atoms with Crippen molar-refractivity contribution < 1.29 is 51.9 Å². The van der Waals surface area contributed by atoms with Crippen LogP contribution in [-0.2, 0) is 109 Å². The molecule has 0 fully saturated rings. The average Bonchev–Trinajstić information content (AvgIpc) is 1.57. The number of aromatic nitrogens is 18. The number of hydrogen-bond donors (Lipinski definition) is 7. The molecule has 4 aliphatic rings. The van der Waals surface area contributed by atoms with E-state index in [0.29, 0.717) is 128 Å². The number of imidazole rings is 1.